The summed E-state index contributed by atoms with van der Waals surface area (Å²) in [7, 11) is 1.91. The Morgan fingerprint density at radius 1 is 0.944 bits per heavy atom. The zero-order valence-corrected chi connectivity index (χ0v) is 21.1. The van der Waals surface area contributed by atoms with E-state index in [1.165, 1.54) is 22.4 Å². The third-order valence-corrected chi connectivity index (χ3v) is 7.15. The first-order valence-electron chi connectivity index (χ1n) is 12.8. The van der Waals surface area contributed by atoms with Crippen molar-refractivity contribution in [2.75, 3.05) is 57.8 Å². The van der Waals surface area contributed by atoms with Gasteiger partial charge in [0.2, 0.25) is 0 Å². The summed E-state index contributed by atoms with van der Waals surface area (Å²) in [5.74, 6) is 0.985. The molecular weight excluding hydrogens is 450 g/mol. The second kappa shape index (κ2) is 11.6. The normalized spacial score (nSPS) is 15.9. The van der Waals surface area contributed by atoms with Crippen molar-refractivity contribution >= 4 is 11.6 Å². The highest BCUT2D eigenvalue weighted by molar-refractivity contribution is 5.94. The number of fused-ring (bicyclic) bond motifs is 1. The fourth-order valence-corrected chi connectivity index (χ4v) is 4.83. The van der Waals surface area contributed by atoms with Gasteiger partial charge in [-0.15, -0.1) is 0 Å². The molecule has 36 heavy (non-hydrogen) atoms. The standard InChI is InChI=1S/C30H35N3O3/c1-31(30(34)26-7-8-27-23-35-20-13-25(27)21-26)14-15-32-16-18-33(19-17-32)28-9-11-29(12-10-28)36-22-24-5-3-2-4-6-24/h2-12,21H,13-20,22-23H2,1H3. The summed E-state index contributed by atoms with van der Waals surface area (Å²) in [6, 6.07) is 24.6. The van der Waals surface area contributed by atoms with E-state index in [9.17, 15) is 4.79 Å². The van der Waals surface area contributed by atoms with Crippen LogP contribution in [0.15, 0.2) is 72.8 Å². The van der Waals surface area contributed by atoms with Crippen LogP contribution in [0.1, 0.15) is 27.0 Å². The highest BCUT2D eigenvalue weighted by Crippen LogP contribution is 2.22. The SMILES string of the molecule is CN(CCN1CCN(c2ccc(OCc3ccccc3)cc2)CC1)C(=O)c1ccc2c(c1)CCOC2. The molecule has 1 amide bonds. The zero-order valence-electron chi connectivity index (χ0n) is 21.1. The van der Waals surface area contributed by atoms with E-state index in [0.717, 1.165) is 63.6 Å². The number of carbonyl (C=O) groups is 1. The van der Waals surface area contributed by atoms with Gasteiger partial charge in [0.05, 0.1) is 13.2 Å². The van der Waals surface area contributed by atoms with E-state index in [1.54, 1.807) is 0 Å². The maximum absolute atomic E-state index is 13.0. The molecule has 0 unspecified atom stereocenters. The molecule has 0 saturated carbocycles. The predicted octanol–water partition coefficient (Wildman–Crippen LogP) is 4.23. The molecule has 0 bridgehead atoms. The minimum Gasteiger partial charge on any atom is -0.489 e. The van der Waals surface area contributed by atoms with Crippen LogP contribution < -0.4 is 9.64 Å². The van der Waals surface area contributed by atoms with Crippen LogP contribution in [-0.4, -0.2) is 68.6 Å². The Labute approximate surface area is 214 Å². The smallest absolute Gasteiger partial charge is 0.253 e. The molecule has 3 aromatic rings. The molecule has 6 nitrogen and oxygen atoms in total. The summed E-state index contributed by atoms with van der Waals surface area (Å²) in [6.07, 6.45) is 0.883. The number of rotatable bonds is 8. The van der Waals surface area contributed by atoms with Gasteiger partial charge in [-0.05, 0) is 59.5 Å². The first-order chi connectivity index (χ1) is 17.7. The molecule has 2 heterocycles. The molecule has 0 N–H and O–H groups in total. The molecule has 0 spiro atoms. The summed E-state index contributed by atoms with van der Waals surface area (Å²) in [5.41, 5.74) is 5.62. The van der Waals surface area contributed by atoms with E-state index in [-0.39, 0.29) is 5.91 Å². The quantitative estimate of drug-likeness (QED) is 0.478. The second-order valence-electron chi connectivity index (χ2n) is 9.61. The number of hydrogen-bond acceptors (Lipinski definition) is 5. The lowest BCUT2D eigenvalue weighted by Gasteiger charge is -2.36. The van der Waals surface area contributed by atoms with Crippen molar-refractivity contribution in [3.63, 3.8) is 0 Å². The van der Waals surface area contributed by atoms with Crippen molar-refractivity contribution in [2.45, 2.75) is 19.6 Å². The summed E-state index contributed by atoms with van der Waals surface area (Å²) >= 11 is 0. The van der Waals surface area contributed by atoms with Crippen LogP contribution in [0.25, 0.3) is 0 Å². The molecule has 1 fully saturated rings. The highest BCUT2D eigenvalue weighted by atomic mass is 16.5. The topological polar surface area (TPSA) is 45.2 Å². The lowest BCUT2D eigenvalue weighted by atomic mass is 10.00. The maximum atomic E-state index is 13.0. The van der Waals surface area contributed by atoms with Crippen LogP contribution in [0.2, 0.25) is 0 Å². The molecule has 2 aliphatic rings. The number of anilines is 1. The maximum Gasteiger partial charge on any atom is 0.253 e. The fraction of sp³-hybridized carbons (Fsp3) is 0.367. The molecule has 1 saturated heterocycles. The summed E-state index contributed by atoms with van der Waals surface area (Å²) in [4.78, 5) is 19.7. The molecule has 0 atom stereocenters. The van der Waals surface area contributed by atoms with E-state index in [4.69, 9.17) is 9.47 Å². The molecule has 2 aliphatic heterocycles. The van der Waals surface area contributed by atoms with Crippen molar-refractivity contribution in [2.24, 2.45) is 0 Å². The molecule has 0 aromatic heterocycles. The highest BCUT2D eigenvalue weighted by Gasteiger charge is 2.20. The molecule has 5 rings (SSSR count). The van der Waals surface area contributed by atoms with E-state index in [2.05, 4.69) is 46.2 Å². The van der Waals surface area contributed by atoms with Gasteiger partial charge >= 0.3 is 0 Å². The Hall–Kier alpha value is -3.35. The van der Waals surface area contributed by atoms with Gasteiger partial charge in [0.25, 0.3) is 5.91 Å². The van der Waals surface area contributed by atoms with Gasteiger partial charge in [0, 0.05) is 57.6 Å². The average molecular weight is 486 g/mol. The van der Waals surface area contributed by atoms with Gasteiger partial charge < -0.3 is 19.3 Å². The molecular formula is C30H35N3O3. The predicted molar refractivity (Wildman–Crippen MR) is 143 cm³/mol. The van der Waals surface area contributed by atoms with Gasteiger partial charge in [-0.1, -0.05) is 36.4 Å². The van der Waals surface area contributed by atoms with Crippen LogP contribution >= 0.6 is 0 Å². The van der Waals surface area contributed by atoms with Crippen LogP contribution in [0.5, 0.6) is 5.75 Å². The Morgan fingerprint density at radius 2 is 1.72 bits per heavy atom. The zero-order chi connectivity index (χ0) is 24.7. The Kier molecular flexibility index (Phi) is 7.84. The Balaban J connectivity index is 1.06. The third kappa shape index (κ3) is 6.07. The van der Waals surface area contributed by atoms with Crippen molar-refractivity contribution in [1.29, 1.82) is 0 Å². The number of nitrogens with zero attached hydrogens (tertiary/aromatic N) is 3. The lowest BCUT2D eigenvalue weighted by Crippen LogP contribution is -2.48. The van der Waals surface area contributed by atoms with Crippen molar-refractivity contribution in [3.05, 3.63) is 95.1 Å². The average Bonchev–Trinajstić information content (AvgIpc) is 2.95. The van der Waals surface area contributed by atoms with Gasteiger partial charge in [-0.2, -0.15) is 0 Å². The van der Waals surface area contributed by atoms with Crippen LogP contribution in [0.3, 0.4) is 0 Å². The minimum absolute atomic E-state index is 0.0949. The second-order valence-corrected chi connectivity index (χ2v) is 9.61. The summed E-state index contributed by atoms with van der Waals surface area (Å²) < 4.78 is 11.4. The van der Waals surface area contributed by atoms with Crippen molar-refractivity contribution in [1.82, 2.24) is 9.80 Å². The van der Waals surface area contributed by atoms with E-state index in [0.29, 0.717) is 13.2 Å². The number of carbonyl (C=O) groups excluding carboxylic acids is 1. The van der Waals surface area contributed by atoms with E-state index in [1.807, 2.05) is 48.3 Å². The molecule has 188 valence electrons. The van der Waals surface area contributed by atoms with Gasteiger partial charge in [-0.25, -0.2) is 0 Å². The summed E-state index contributed by atoms with van der Waals surface area (Å²) in [5, 5.41) is 0. The first kappa shape index (κ1) is 24.3. The number of benzene rings is 3. The third-order valence-electron chi connectivity index (χ3n) is 7.15. The van der Waals surface area contributed by atoms with Gasteiger partial charge in [0.1, 0.15) is 12.4 Å². The number of likely N-dealkylation sites (N-methyl/N-ethyl adjacent to an activating group) is 1. The van der Waals surface area contributed by atoms with Crippen LogP contribution in [0.4, 0.5) is 5.69 Å². The lowest BCUT2D eigenvalue weighted by molar-refractivity contribution is 0.0775. The van der Waals surface area contributed by atoms with Crippen LogP contribution in [0, 0.1) is 0 Å². The fourth-order valence-electron chi connectivity index (χ4n) is 4.83. The van der Waals surface area contributed by atoms with Gasteiger partial charge in [0.15, 0.2) is 0 Å². The van der Waals surface area contributed by atoms with Gasteiger partial charge in [-0.3, -0.25) is 9.69 Å². The van der Waals surface area contributed by atoms with E-state index >= 15 is 0 Å². The number of amides is 1. The van der Waals surface area contributed by atoms with E-state index < -0.39 is 0 Å². The molecule has 0 aliphatic carbocycles. The monoisotopic (exact) mass is 485 g/mol. The Morgan fingerprint density at radius 3 is 2.50 bits per heavy atom. The molecule has 0 radical (unpaired) electrons. The molecule has 6 heteroatoms. The number of hydrogen-bond donors (Lipinski definition) is 0. The van der Waals surface area contributed by atoms with Crippen molar-refractivity contribution < 1.29 is 14.3 Å². The Bertz CT molecular complexity index is 1140. The largest absolute Gasteiger partial charge is 0.489 e. The van der Waals surface area contributed by atoms with Crippen LogP contribution in [-0.2, 0) is 24.4 Å². The molecule has 3 aromatic carbocycles. The number of piperazine rings is 1. The van der Waals surface area contributed by atoms with Crippen molar-refractivity contribution in [3.8, 4) is 5.75 Å². The number of ether oxygens (including phenoxy) is 2. The first-order valence-corrected chi connectivity index (χ1v) is 12.8. The minimum atomic E-state index is 0.0949. The summed E-state index contributed by atoms with van der Waals surface area (Å²) in [6.45, 7) is 7.53.